The van der Waals surface area contributed by atoms with Crippen LogP contribution in [0.25, 0.3) is 0 Å². The van der Waals surface area contributed by atoms with Gasteiger partial charge in [0, 0.05) is 10.6 Å². The van der Waals surface area contributed by atoms with Crippen molar-refractivity contribution in [3.05, 3.63) is 96.6 Å². The van der Waals surface area contributed by atoms with E-state index in [0.29, 0.717) is 29.4 Å². The third kappa shape index (κ3) is 7.91. The number of benzene rings is 3. The van der Waals surface area contributed by atoms with Crippen LogP contribution in [0, 0.1) is 11.8 Å². The predicted octanol–water partition coefficient (Wildman–Crippen LogP) is 7.40. The minimum atomic E-state index is -3.27. The maximum absolute atomic E-state index is 14.4. The van der Waals surface area contributed by atoms with Crippen molar-refractivity contribution in [1.29, 1.82) is 0 Å². The monoisotopic (exact) mass is 506 g/mol. The molecule has 3 aromatic rings. The average Bonchev–Trinajstić information content (AvgIpc) is 2.94. The Morgan fingerprint density at radius 1 is 0.694 bits per heavy atom. The van der Waals surface area contributed by atoms with Crippen LogP contribution >= 0.6 is 7.37 Å². The minimum Gasteiger partial charge on any atom is -0.462 e. The molecular weight excluding hydrogens is 467 g/mol. The first-order chi connectivity index (χ1) is 17.6. The maximum atomic E-state index is 14.4. The van der Waals surface area contributed by atoms with Crippen molar-refractivity contribution in [3.8, 4) is 0 Å². The number of hydrogen-bond acceptors (Lipinski definition) is 4. The highest BCUT2D eigenvalue weighted by molar-refractivity contribution is 7.74. The van der Waals surface area contributed by atoms with Crippen molar-refractivity contribution >= 4 is 23.9 Å². The Hall–Kier alpha value is -2.68. The normalized spacial score (nSPS) is 13.2. The predicted molar refractivity (Wildman–Crippen MR) is 148 cm³/mol. The van der Waals surface area contributed by atoms with Gasteiger partial charge in [-0.05, 0) is 61.1 Å². The molecule has 2 unspecified atom stereocenters. The van der Waals surface area contributed by atoms with Crippen molar-refractivity contribution in [3.63, 3.8) is 0 Å². The Labute approximate surface area is 216 Å². The Morgan fingerprint density at radius 3 is 1.61 bits per heavy atom. The molecule has 0 aromatic heterocycles. The van der Waals surface area contributed by atoms with Crippen LogP contribution in [0.2, 0.25) is 0 Å². The summed E-state index contributed by atoms with van der Waals surface area (Å²) in [4.78, 5) is 12.6. The molecule has 0 aliphatic carbocycles. The number of rotatable bonds is 15. The summed E-state index contributed by atoms with van der Waals surface area (Å²) in [6, 6.07) is 28.1. The zero-order chi connectivity index (χ0) is 25.6. The molecule has 5 heteroatoms. The van der Waals surface area contributed by atoms with E-state index in [1.165, 1.54) is 0 Å². The van der Waals surface area contributed by atoms with E-state index in [9.17, 15) is 9.36 Å². The molecule has 0 aliphatic heterocycles. The molecule has 4 nitrogen and oxygen atoms in total. The molecule has 0 radical (unpaired) electrons. The molecule has 0 N–H and O–H groups in total. The van der Waals surface area contributed by atoms with E-state index in [0.717, 1.165) is 38.5 Å². The van der Waals surface area contributed by atoms with Crippen LogP contribution in [0.1, 0.15) is 62.7 Å². The van der Waals surface area contributed by atoms with Gasteiger partial charge in [-0.3, -0.25) is 4.57 Å². The molecule has 3 rings (SSSR count). The van der Waals surface area contributed by atoms with Crippen molar-refractivity contribution in [2.45, 2.75) is 52.4 Å². The molecule has 2 atom stereocenters. The molecule has 0 saturated heterocycles. The molecule has 192 valence electrons. The summed E-state index contributed by atoms with van der Waals surface area (Å²) in [6.45, 7) is 5.04. The van der Waals surface area contributed by atoms with Gasteiger partial charge in [-0.2, -0.15) is 0 Å². The molecule has 3 aromatic carbocycles. The lowest BCUT2D eigenvalue weighted by molar-refractivity contribution is 0.0331. The average molecular weight is 507 g/mol. The highest BCUT2D eigenvalue weighted by atomic mass is 31.2. The molecule has 36 heavy (non-hydrogen) atoms. The smallest absolute Gasteiger partial charge is 0.338 e. The fourth-order valence-corrected chi connectivity index (χ4v) is 6.56. The van der Waals surface area contributed by atoms with Crippen molar-refractivity contribution in [2.24, 2.45) is 11.8 Å². The van der Waals surface area contributed by atoms with Crippen LogP contribution in [0.4, 0.5) is 0 Å². The first-order valence-electron chi connectivity index (χ1n) is 13.2. The second-order valence-corrected chi connectivity index (χ2v) is 11.7. The zero-order valence-electron chi connectivity index (χ0n) is 21.6. The maximum Gasteiger partial charge on any atom is 0.338 e. The van der Waals surface area contributed by atoms with Crippen LogP contribution in [0.5, 0.6) is 0 Å². The zero-order valence-corrected chi connectivity index (χ0v) is 22.4. The SMILES string of the molecule is CCCCC(COC(=O)c1ccccc1)C(CCCC)COP(=O)(c1ccccc1)c1ccccc1. The molecular formula is C31H39O4P. The second-order valence-electron chi connectivity index (χ2n) is 9.29. The largest absolute Gasteiger partial charge is 0.462 e. The summed E-state index contributed by atoms with van der Waals surface area (Å²) in [5.41, 5.74) is 0.561. The summed E-state index contributed by atoms with van der Waals surface area (Å²) in [7, 11) is -3.27. The minimum absolute atomic E-state index is 0.140. The molecule has 0 bridgehead atoms. The first-order valence-corrected chi connectivity index (χ1v) is 14.8. The van der Waals surface area contributed by atoms with Crippen LogP contribution in [0.15, 0.2) is 91.0 Å². The summed E-state index contributed by atoms with van der Waals surface area (Å²) in [6.07, 6.45) is 6.11. The fraction of sp³-hybridized carbons (Fsp3) is 0.387. The van der Waals surface area contributed by atoms with Gasteiger partial charge in [0.25, 0.3) is 7.37 Å². The third-order valence-electron chi connectivity index (χ3n) is 6.62. The van der Waals surface area contributed by atoms with Gasteiger partial charge >= 0.3 is 5.97 Å². The molecule has 0 amide bonds. The van der Waals surface area contributed by atoms with E-state index in [4.69, 9.17) is 9.26 Å². The lowest BCUT2D eigenvalue weighted by atomic mass is 9.85. The standard InChI is InChI=1S/C31H39O4P/c1-3-5-16-27(24-34-31(32)26-18-10-7-11-19-26)28(17-6-4-2)25-35-36(33,29-20-12-8-13-21-29)30-22-14-9-15-23-30/h7-15,18-23,27-28H,3-6,16-17,24-25H2,1-2H3. The Kier molecular flexibility index (Phi) is 11.5. The summed E-state index contributed by atoms with van der Waals surface area (Å²) in [5.74, 6) is -0.0171. The van der Waals surface area contributed by atoms with Crippen LogP contribution in [-0.4, -0.2) is 19.2 Å². The van der Waals surface area contributed by atoms with Crippen LogP contribution in [0.3, 0.4) is 0 Å². The van der Waals surface area contributed by atoms with Crippen LogP contribution < -0.4 is 10.6 Å². The van der Waals surface area contributed by atoms with E-state index >= 15 is 0 Å². The lowest BCUT2D eigenvalue weighted by Crippen LogP contribution is -2.28. The number of esters is 1. The van der Waals surface area contributed by atoms with Gasteiger partial charge in [0.15, 0.2) is 0 Å². The number of carbonyl (C=O) groups is 1. The molecule has 0 heterocycles. The first kappa shape index (κ1) is 27.9. The topological polar surface area (TPSA) is 52.6 Å². The van der Waals surface area contributed by atoms with Gasteiger partial charge in [0.2, 0.25) is 0 Å². The van der Waals surface area contributed by atoms with Gasteiger partial charge in [-0.15, -0.1) is 0 Å². The van der Waals surface area contributed by atoms with Crippen molar-refractivity contribution in [2.75, 3.05) is 13.2 Å². The lowest BCUT2D eigenvalue weighted by Gasteiger charge is -2.29. The van der Waals surface area contributed by atoms with Crippen molar-refractivity contribution < 1.29 is 18.6 Å². The molecule has 0 fully saturated rings. The Balaban J connectivity index is 1.80. The van der Waals surface area contributed by atoms with E-state index < -0.39 is 7.37 Å². The Bertz CT molecular complexity index is 1030. The number of unbranched alkanes of at least 4 members (excludes halogenated alkanes) is 2. The van der Waals surface area contributed by atoms with Gasteiger partial charge in [-0.25, -0.2) is 4.79 Å². The number of hydrogen-bond donors (Lipinski definition) is 0. The van der Waals surface area contributed by atoms with E-state index in [1.807, 2.05) is 78.9 Å². The van der Waals surface area contributed by atoms with Crippen LogP contribution in [-0.2, 0) is 13.8 Å². The van der Waals surface area contributed by atoms with E-state index in [-0.39, 0.29) is 17.8 Å². The van der Waals surface area contributed by atoms with Gasteiger partial charge < -0.3 is 9.26 Å². The molecule has 0 aliphatic rings. The summed E-state index contributed by atoms with van der Waals surface area (Å²) < 4.78 is 26.6. The van der Waals surface area contributed by atoms with E-state index in [1.54, 1.807) is 12.1 Å². The third-order valence-corrected chi connectivity index (χ3v) is 9.09. The Morgan fingerprint density at radius 2 is 1.14 bits per heavy atom. The van der Waals surface area contributed by atoms with Gasteiger partial charge in [0.05, 0.1) is 18.8 Å². The number of ether oxygens (including phenoxy) is 1. The fourth-order valence-electron chi connectivity index (χ4n) is 4.43. The van der Waals surface area contributed by atoms with E-state index in [2.05, 4.69) is 13.8 Å². The summed E-state index contributed by atoms with van der Waals surface area (Å²) >= 11 is 0. The molecule has 0 saturated carbocycles. The number of carbonyl (C=O) groups excluding carboxylic acids is 1. The van der Waals surface area contributed by atoms with Crippen molar-refractivity contribution in [1.82, 2.24) is 0 Å². The highest BCUT2D eigenvalue weighted by Gasteiger charge is 2.32. The highest BCUT2D eigenvalue weighted by Crippen LogP contribution is 2.45. The quantitative estimate of drug-likeness (QED) is 0.159. The summed E-state index contributed by atoms with van der Waals surface area (Å²) in [5, 5.41) is 1.40. The molecule has 0 spiro atoms. The van der Waals surface area contributed by atoms with Gasteiger partial charge in [0.1, 0.15) is 0 Å². The second kappa shape index (κ2) is 14.8. The van der Waals surface area contributed by atoms with Gasteiger partial charge in [-0.1, -0.05) is 94.1 Å².